The van der Waals surface area contributed by atoms with Gasteiger partial charge in [-0.2, -0.15) is 0 Å². The molecule has 0 radical (unpaired) electrons. The van der Waals surface area contributed by atoms with E-state index in [0.29, 0.717) is 11.4 Å². The Morgan fingerprint density at radius 1 is 1.21 bits per heavy atom. The third-order valence-corrected chi connectivity index (χ3v) is 3.60. The van der Waals surface area contributed by atoms with Crippen molar-refractivity contribution < 1.29 is 4.79 Å². The topological polar surface area (TPSA) is 42.0 Å². The molecule has 96 valence electrons. The van der Waals surface area contributed by atoms with Crippen LogP contribution in [0.4, 0.5) is 5.82 Å². The second-order valence-electron chi connectivity index (χ2n) is 4.96. The van der Waals surface area contributed by atoms with Gasteiger partial charge in [0.2, 0.25) is 0 Å². The summed E-state index contributed by atoms with van der Waals surface area (Å²) in [4.78, 5) is 16.4. The molecule has 1 aromatic heterocycles. The molecule has 0 unspecified atom stereocenters. The maximum Gasteiger partial charge on any atom is 0.256 e. The Morgan fingerprint density at radius 2 is 2.05 bits per heavy atom. The highest BCUT2D eigenvalue weighted by Crippen LogP contribution is 2.23. The van der Waals surface area contributed by atoms with Gasteiger partial charge in [0.15, 0.2) is 0 Å². The first kappa shape index (κ1) is 11.9. The zero-order valence-corrected chi connectivity index (χ0v) is 10.9. The van der Waals surface area contributed by atoms with Crippen LogP contribution in [0.3, 0.4) is 0 Å². The van der Waals surface area contributed by atoms with Crippen LogP contribution in [-0.4, -0.2) is 10.9 Å². The number of benzene rings is 1. The molecule has 1 amide bonds. The Kier molecular flexibility index (Phi) is 3.03. The highest BCUT2D eigenvalue weighted by atomic mass is 16.1. The summed E-state index contributed by atoms with van der Waals surface area (Å²) in [6, 6.07) is 9.78. The van der Waals surface area contributed by atoms with Crippen LogP contribution < -0.4 is 5.32 Å². The first-order valence-electron chi connectivity index (χ1n) is 6.59. The van der Waals surface area contributed by atoms with Gasteiger partial charge in [-0.15, -0.1) is 0 Å². The smallest absolute Gasteiger partial charge is 0.256 e. The van der Waals surface area contributed by atoms with E-state index in [0.717, 1.165) is 18.4 Å². The molecule has 0 fully saturated rings. The van der Waals surface area contributed by atoms with Crippen LogP contribution in [0, 0.1) is 6.92 Å². The van der Waals surface area contributed by atoms with Gasteiger partial charge < -0.3 is 5.32 Å². The second-order valence-corrected chi connectivity index (χ2v) is 4.96. The summed E-state index contributed by atoms with van der Waals surface area (Å²) in [5, 5.41) is 2.87. The number of rotatable bonds is 2. The average Bonchev–Trinajstić information content (AvgIpc) is 2.88. The molecule has 0 bridgehead atoms. The third-order valence-electron chi connectivity index (χ3n) is 3.60. The number of pyridine rings is 1. The van der Waals surface area contributed by atoms with E-state index < -0.39 is 0 Å². The zero-order valence-electron chi connectivity index (χ0n) is 10.9. The van der Waals surface area contributed by atoms with Crippen molar-refractivity contribution in [1.29, 1.82) is 0 Å². The Balaban J connectivity index is 1.83. The molecule has 1 aromatic carbocycles. The molecule has 0 aliphatic heterocycles. The van der Waals surface area contributed by atoms with Crippen LogP contribution in [0.25, 0.3) is 0 Å². The highest BCUT2D eigenvalue weighted by molar-refractivity contribution is 6.04. The van der Waals surface area contributed by atoms with Gasteiger partial charge >= 0.3 is 0 Å². The zero-order chi connectivity index (χ0) is 13.2. The molecule has 1 N–H and O–H groups in total. The van der Waals surface area contributed by atoms with Crippen molar-refractivity contribution in [3.8, 4) is 0 Å². The minimum absolute atomic E-state index is 0.0866. The summed E-state index contributed by atoms with van der Waals surface area (Å²) >= 11 is 0. The van der Waals surface area contributed by atoms with Crippen molar-refractivity contribution >= 4 is 11.7 Å². The molecule has 0 saturated heterocycles. The summed E-state index contributed by atoms with van der Waals surface area (Å²) < 4.78 is 0. The van der Waals surface area contributed by atoms with Gasteiger partial charge in [0.05, 0.1) is 0 Å². The second kappa shape index (κ2) is 4.84. The van der Waals surface area contributed by atoms with Gasteiger partial charge in [0, 0.05) is 11.8 Å². The fourth-order valence-corrected chi connectivity index (χ4v) is 2.51. The monoisotopic (exact) mass is 252 g/mol. The van der Waals surface area contributed by atoms with E-state index in [1.165, 1.54) is 17.5 Å². The van der Waals surface area contributed by atoms with Crippen LogP contribution in [0.15, 0.2) is 36.5 Å². The first-order valence-corrected chi connectivity index (χ1v) is 6.59. The number of nitrogens with one attached hydrogen (secondary N) is 1. The molecule has 0 spiro atoms. The summed E-state index contributed by atoms with van der Waals surface area (Å²) in [6.07, 6.45) is 5.10. The molecule has 0 atom stereocenters. The van der Waals surface area contributed by atoms with Gasteiger partial charge in [0.1, 0.15) is 5.82 Å². The van der Waals surface area contributed by atoms with Gasteiger partial charge in [-0.3, -0.25) is 4.79 Å². The van der Waals surface area contributed by atoms with E-state index in [1.54, 1.807) is 6.20 Å². The van der Waals surface area contributed by atoms with Gasteiger partial charge in [0.25, 0.3) is 5.91 Å². The van der Waals surface area contributed by atoms with Gasteiger partial charge in [-0.05, 0) is 61.1 Å². The highest BCUT2D eigenvalue weighted by Gasteiger charge is 2.14. The number of amides is 1. The van der Waals surface area contributed by atoms with E-state index in [1.807, 2.05) is 31.2 Å². The quantitative estimate of drug-likeness (QED) is 0.892. The van der Waals surface area contributed by atoms with Crippen molar-refractivity contribution in [2.45, 2.75) is 26.2 Å². The van der Waals surface area contributed by atoms with Gasteiger partial charge in [-0.1, -0.05) is 12.1 Å². The molecular formula is C16H16N2O. The van der Waals surface area contributed by atoms with Crippen LogP contribution in [0.1, 0.15) is 33.5 Å². The number of anilines is 1. The SMILES string of the molecule is Cc1cccnc1NC(=O)c1ccc2c(c1)CCC2. The minimum atomic E-state index is -0.0866. The summed E-state index contributed by atoms with van der Waals surface area (Å²) in [5.41, 5.74) is 4.37. The molecule has 0 saturated carbocycles. The van der Waals surface area contributed by atoms with Crippen LogP contribution in [0.2, 0.25) is 0 Å². The Bertz CT molecular complexity index is 634. The number of nitrogens with zero attached hydrogens (tertiary/aromatic N) is 1. The maximum atomic E-state index is 12.2. The number of hydrogen-bond donors (Lipinski definition) is 1. The van der Waals surface area contributed by atoms with E-state index in [4.69, 9.17) is 0 Å². The molecule has 3 nitrogen and oxygen atoms in total. The molecule has 1 aliphatic carbocycles. The number of fused-ring (bicyclic) bond motifs is 1. The predicted molar refractivity (Wildman–Crippen MR) is 75.4 cm³/mol. The van der Waals surface area contributed by atoms with E-state index in [2.05, 4.69) is 16.4 Å². The van der Waals surface area contributed by atoms with Crippen molar-refractivity contribution in [1.82, 2.24) is 4.98 Å². The van der Waals surface area contributed by atoms with Crippen LogP contribution in [0.5, 0.6) is 0 Å². The lowest BCUT2D eigenvalue weighted by Gasteiger charge is -2.08. The normalized spacial score (nSPS) is 13.1. The largest absolute Gasteiger partial charge is 0.306 e. The lowest BCUT2D eigenvalue weighted by atomic mass is 10.1. The van der Waals surface area contributed by atoms with Gasteiger partial charge in [-0.25, -0.2) is 4.98 Å². The standard InChI is InChI=1S/C16H16N2O/c1-11-4-3-9-17-15(11)18-16(19)14-8-7-12-5-2-6-13(12)10-14/h3-4,7-10H,2,5-6H2,1H3,(H,17,18,19). The summed E-state index contributed by atoms with van der Waals surface area (Å²) in [5.74, 6) is 0.546. The van der Waals surface area contributed by atoms with E-state index in [-0.39, 0.29) is 5.91 Å². The minimum Gasteiger partial charge on any atom is -0.306 e. The van der Waals surface area contributed by atoms with Crippen LogP contribution in [-0.2, 0) is 12.8 Å². The fourth-order valence-electron chi connectivity index (χ4n) is 2.51. The van der Waals surface area contributed by atoms with E-state index >= 15 is 0 Å². The number of aromatic nitrogens is 1. The lowest BCUT2D eigenvalue weighted by molar-refractivity contribution is 0.102. The number of hydrogen-bond acceptors (Lipinski definition) is 2. The Morgan fingerprint density at radius 3 is 2.89 bits per heavy atom. The lowest BCUT2D eigenvalue weighted by Crippen LogP contribution is -2.14. The summed E-state index contributed by atoms with van der Waals surface area (Å²) in [6.45, 7) is 1.94. The third kappa shape index (κ3) is 2.36. The maximum absolute atomic E-state index is 12.2. The predicted octanol–water partition coefficient (Wildman–Crippen LogP) is 3.13. The molecule has 3 rings (SSSR count). The molecular weight excluding hydrogens is 236 g/mol. The van der Waals surface area contributed by atoms with Crippen molar-refractivity contribution in [3.05, 3.63) is 58.8 Å². The first-order chi connectivity index (χ1) is 9.24. The Labute approximate surface area is 112 Å². The fraction of sp³-hybridized carbons (Fsp3) is 0.250. The van der Waals surface area contributed by atoms with Crippen molar-refractivity contribution in [2.75, 3.05) is 5.32 Å². The van der Waals surface area contributed by atoms with E-state index in [9.17, 15) is 4.79 Å². The molecule has 3 heteroatoms. The Hall–Kier alpha value is -2.16. The van der Waals surface area contributed by atoms with Crippen LogP contribution >= 0.6 is 0 Å². The molecule has 1 aliphatic rings. The van der Waals surface area contributed by atoms with Crippen molar-refractivity contribution in [3.63, 3.8) is 0 Å². The van der Waals surface area contributed by atoms with Crippen molar-refractivity contribution in [2.24, 2.45) is 0 Å². The molecule has 2 aromatic rings. The summed E-state index contributed by atoms with van der Waals surface area (Å²) in [7, 11) is 0. The molecule has 1 heterocycles. The number of carbonyl (C=O) groups excluding carboxylic acids is 1. The number of carbonyl (C=O) groups is 1. The molecule has 19 heavy (non-hydrogen) atoms. The number of aryl methyl sites for hydroxylation is 3. The average molecular weight is 252 g/mol.